The largest absolute Gasteiger partial charge is 0.481 e. The first kappa shape index (κ1) is 19.9. The van der Waals surface area contributed by atoms with Gasteiger partial charge in [-0.1, -0.05) is 35.9 Å². The highest BCUT2D eigenvalue weighted by Gasteiger charge is 2.26. The fraction of sp³-hybridized carbons (Fsp3) is 0.364. The zero-order valence-electron chi connectivity index (χ0n) is 16.4. The minimum Gasteiger partial charge on any atom is -0.481 e. The molecule has 148 valence electrons. The summed E-state index contributed by atoms with van der Waals surface area (Å²) in [6.45, 7) is 6.65. The van der Waals surface area contributed by atoms with Crippen molar-refractivity contribution in [2.45, 2.75) is 20.0 Å². The summed E-state index contributed by atoms with van der Waals surface area (Å²) in [4.78, 5) is 28.7. The number of para-hydroxylation sites is 1. The van der Waals surface area contributed by atoms with Gasteiger partial charge in [0.2, 0.25) is 5.91 Å². The van der Waals surface area contributed by atoms with Gasteiger partial charge in [0.15, 0.2) is 6.10 Å². The van der Waals surface area contributed by atoms with Crippen molar-refractivity contribution in [3.8, 4) is 5.75 Å². The molecule has 2 aromatic carbocycles. The van der Waals surface area contributed by atoms with E-state index in [9.17, 15) is 9.59 Å². The van der Waals surface area contributed by atoms with Gasteiger partial charge in [0, 0.05) is 31.9 Å². The highest BCUT2D eigenvalue weighted by molar-refractivity contribution is 5.92. The molecule has 0 aliphatic carbocycles. The summed E-state index contributed by atoms with van der Waals surface area (Å²) < 4.78 is 5.73. The molecule has 2 amide bonds. The van der Waals surface area contributed by atoms with Crippen molar-refractivity contribution in [2.75, 3.05) is 38.0 Å². The summed E-state index contributed by atoms with van der Waals surface area (Å²) in [7, 11) is 0. The lowest BCUT2D eigenvalue weighted by molar-refractivity contribution is -0.139. The summed E-state index contributed by atoms with van der Waals surface area (Å²) >= 11 is 0. The van der Waals surface area contributed by atoms with Gasteiger partial charge >= 0.3 is 0 Å². The maximum Gasteiger partial charge on any atom is 0.263 e. The van der Waals surface area contributed by atoms with E-state index in [4.69, 9.17) is 4.74 Å². The molecule has 0 radical (unpaired) electrons. The van der Waals surface area contributed by atoms with Crippen LogP contribution in [0.25, 0.3) is 0 Å². The van der Waals surface area contributed by atoms with Crippen LogP contribution in [0.4, 0.5) is 5.69 Å². The first-order valence-electron chi connectivity index (χ1n) is 9.60. The second kappa shape index (κ2) is 9.37. The number of anilines is 1. The molecular formula is C22H27N3O3. The highest BCUT2D eigenvalue weighted by atomic mass is 16.5. The Morgan fingerprint density at radius 1 is 1.00 bits per heavy atom. The molecular weight excluding hydrogens is 354 g/mol. The molecule has 1 unspecified atom stereocenters. The lowest BCUT2D eigenvalue weighted by atomic mass is 10.2. The molecule has 3 rings (SSSR count). The Bertz CT molecular complexity index is 784. The van der Waals surface area contributed by atoms with Gasteiger partial charge in [-0.15, -0.1) is 0 Å². The van der Waals surface area contributed by atoms with Gasteiger partial charge in [-0.25, -0.2) is 0 Å². The van der Waals surface area contributed by atoms with Gasteiger partial charge < -0.3 is 15.0 Å². The summed E-state index contributed by atoms with van der Waals surface area (Å²) in [5.74, 6) is 0.631. The second-order valence-electron chi connectivity index (χ2n) is 7.09. The number of carbonyl (C=O) groups excluding carboxylic acids is 2. The number of nitrogens with zero attached hydrogens (tertiary/aromatic N) is 2. The Labute approximate surface area is 166 Å². The summed E-state index contributed by atoms with van der Waals surface area (Å²) in [6, 6.07) is 17.1. The van der Waals surface area contributed by atoms with Gasteiger partial charge in [-0.2, -0.15) is 0 Å². The quantitative estimate of drug-likeness (QED) is 0.835. The molecule has 0 saturated carbocycles. The van der Waals surface area contributed by atoms with Crippen molar-refractivity contribution in [3.05, 3.63) is 60.2 Å². The maximum atomic E-state index is 12.6. The SMILES string of the molecule is Cc1ccc(NC(=O)CN2CCN(C(=O)C(C)Oc3ccccc3)CC2)cc1. The lowest BCUT2D eigenvalue weighted by Gasteiger charge is -2.35. The molecule has 1 atom stereocenters. The second-order valence-corrected chi connectivity index (χ2v) is 7.09. The lowest BCUT2D eigenvalue weighted by Crippen LogP contribution is -2.53. The van der Waals surface area contributed by atoms with Crippen LogP contribution in [0.3, 0.4) is 0 Å². The average Bonchev–Trinajstić information content (AvgIpc) is 2.70. The van der Waals surface area contributed by atoms with Crippen molar-refractivity contribution in [1.29, 1.82) is 0 Å². The molecule has 0 spiro atoms. The summed E-state index contributed by atoms with van der Waals surface area (Å²) in [5, 5.41) is 2.91. The van der Waals surface area contributed by atoms with E-state index < -0.39 is 6.10 Å². The third kappa shape index (κ3) is 5.57. The number of aryl methyl sites for hydroxylation is 1. The van der Waals surface area contributed by atoms with Crippen molar-refractivity contribution in [1.82, 2.24) is 9.80 Å². The number of rotatable bonds is 6. The van der Waals surface area contributed by atoms with Crippen molar-refractivity contribution in [2.24, 2.45) is 0 Å². The summed E-state index contributed by atoms with van der Waals surface area (Å²) in [6.07, 6.45) is -0.529. The maximum absolute atomic E-state index is 12.6. The van der Waals surface area contributed by atoms with E-state index in [0.29, 0.717) is 38.5 Å². The Morgan fingerprint density at radius 3 is 2.29 bits per heavy atom. The molecule has 2 aromatic rings. The predicted octanol–water partition coefficient (Wildman–Crippen LogP) is 2.55. The van der Waals surface area contributed by atoms with E-state index in [1.165, 1.54) is 0 Å². The highest BCUT2D eigenvalue weighted by Crippen LogP contribution is 2.13. The fourth-order valence-electron chi connectivity index (χ4n) is 3.18. The van der Waals surface area contributed by atoms with Gasteiger partial charge in [0.05, 0.1) is 6.54 Å². The first-order chi connectivity index (χ1) is 13.5. The van der Waals surface area contributed by atoms with Crippen LogP contribution in [0.5, 0.6) is 5.75 Å². The molecule has 0 bridgehead atoms. The Balaban J connectivity index is 1.42. The number of ether oxygens (including phenoxy) is 1. The first-order valence-corrected chi connectivity index (χ1v) is 9.60. The average molecular weight is 381 g/mol. The number of nitrogens with one attached hydrogen (secondary N) is 1. The molecule has 1 heterocycles. The molecule has 6 nitrogen and oxygen atoms in total. The minimum absolute atomic E-state index is 0.0207. The van der Waals surface area contributed by atoms with Crippen molar-refractivity contribution in [3.63, 3.8) is 0 Å². The Kier molecular flexibility index (Phi) is 6.66. The third-order valence-corrected chi connectivity index (χ3v) is 4.79. The van der Waals surface area contributed by atoms with E-state index in [1.54, 1.807) is 6.92 Å². The number of hydrogen-bond acceptors (Lipinski definition) is 4. The zero-order valence-corrected chi connectivity index (χ0v) is 16.4. The molecule has 1 aliphatic heterocycles. The molecule has 1 aliphatic rings. The van der Waals surface area contributed by atoms with Crippen LogP contribution < -0.4 is 10.1 Å². The number of hydrogen-bond donors (Lipinski definition) is 1. The van der Waals surface area contributed by atoms with E-state index in [1.807, 2.05) is 66.4 Å². The molecule has 6 heteroatoms. The Morgan fingerprint density at radius 2 is 1.64 bits per heavy atom. The van der Waals surface area contributed by atoms with Crippen LogP contribution in [-0.4, -0.2) is 60.4 Å². The van der Waals surface area contributed by atoms with Gasteiger partial charge in [-0.05, 0) is 38.1 Å². The van der Waals surface area contributed by atoms with Gasteiger partial charge in [-0.3, -0.25) is 14.5 Å². The molecule has 0 aromatic heterocycles. The van der Waals surface area contributed by atoms with Crippen LogP contribution in [0.2, 0.25) is 0 Å². The fourth-order valence-corrected chi connectivity index (χ4v) is 3.18. The topological polar surface area (TPSA) is 61.9 Å². The monoisotopic (exact) mass is 381 g/mol. The molecule has 1 fully saturated rings. The van der Waals surface area contributed by atoms with Gasteiger partial charge in [0.25, 0.3) is 5.91 Å². The van der Waals surface area contributed by atoms with Crippen LogP contribution in [0.15, 0.2) is 54.6 Å². The minimum atomic E-state index is -0.529. The van der Waals surface area contributed by atoms with Crippen molar-refractivity contribution >= 4 is 17.5 Å². The van der Waals surface area contributed by atoms with Gasteiger partial charge in [0.1, 0.15) is 5.75 Å². The van der Waals surface area contributed by atoms with Crippen LogP contribution in [-0.2, 0) is 9.59 Å². The van der Waals surface area contributed by atoms with Crippen LogP contribution in [0, 0.1) is 6.92 Å². The standard InChI is InChI=1S/C22H27N3O3/c1-17-8-10-19(11-9-17)23-21(26)16-24-12-14-25(15-13-24)22(27)18(2)28-20-6-4-3-5-7-20/h3-11,18H,12-16H2,1-2H3,(H,23,26). The molecule has 1 N–H and O–H groups in total. The number of amides is 2. The normalized spacial score (nSPS) is 15.7. The van der Waals surface area contributed by atoms with Crippen molar-refractivity contribution < 1.29 is 14.3 Å². The molecule has 1 saturated heterocycles. The van der Waals surface area contributed by atoms with Crippen LogP contribution >= 0.6 is 0 Å². The Hall–Kier alpha value is -2.86. The number of piperazine rings is 1. The summed E-state index contributed by atoms with van der Waals surface area (Å²) in [5.41, 5.74) is 1.96. The molecule has 28 heavy (non-hydrogen) atoms. The third-order valence-electron chi connectivity index (χ3n) is 4.79. The van der Waals surface area contributed by atoms with E-state index >= 15 is 0 Å². The van der Waals surface area contributed by atoms with E-state index in [2.05, 4.69) is 10.2 Å². The zero-order chi connectivity index (χ0) is 19.9. The van der Waals surface area contributed by atoms with Crippen LogP contribution in [0.1, 0.15) is 12.5 Å². The smallest absolute Gasteiger partial charge is 0.263 e. The number of benzene rings is 2. The predicted molar refractivity (Wildman–Crippen MR) is 109 cm³/mol. The number of carbonyl (C=O) groups is 2. The van der Waals surface area contributed by atoms with E-state index in [-0.39, 0.29) is 11.8 Å². The van der Waals surface area contributed by atoms with E-state index in [0.717, 1.165) is 11.3 Å².